The molecule has 5 aliphatic rings. The lowest BCUT2D eigenvalue weighted by molar-refractivity contribution is -0.211. The van der Waals surface area contributed by atoms with Crippen LogP contribution in [0, 0.1) is 50.2 Å². The second-order valence-electron chi connectivity index (χ2n) is 15.6. The zero-order valence-electron chi connectivity index (χ0n) is 24.3. The van der Waals surface area contributed by atoms with Gasteiger partial charge in [-0.15, -0.1) is 0 Å². The van der Waals surface area contributed by atoms with Crippen molar-refractivity contribution in [2.45, 2.75) is 119 Å². The van der Waals surface area contributed by atoms with E-state index in [1.807, 2.05) is 6.08 Å². The van der Waals surface area contributed by atoms with Crippen LogP contribution in [0.1, 0.15) is 113 Å². The zero-order valence-corrected chi connectivity index (χ0v) is 24.3. The summed E-state index contributed by atoms with van der Waals surface area (Å²) < 4.78 is 5.81. The summed E-state index contributed by atoms with van der Waals surface area (Å²) in [5, 5.41) is 10.5. The maximum Gasteiger partial charge on any atom is 0.310 e. The molecule has 4 saturated carbocycles. The maximum atomic E-state index is 14.4. The van der Waals surface area contributed by atoms with Crippen LogP contribution in [0.4, 0.5) is 0 Å². The molecule has 206 valence electrons. The number of esters is 1. The molecule has 4 fully saturated rings. The number of ether oxygens (including phenoxy) is 1. The van der Waals surface area contributed by atoms with Crippen LogP contribution in [-0.4, -0.2) is 28.9 Å². The van der Waals surface area contributed by atoms with Gasteiger partial charge in [0.15, 0.2) is 5.78 Å². The third-order valence-corrected chi connectivity index (χ3v) is 13.1. The molecule has 1 N–H and O–H groups in total. The van der Waals surface area contributed by atoms with Gasteiger partial charge in [-0.1, -0.05) is 54.0 Å². The van der Waals surface area contributed by atoms with E-state index in [-0.39, 0.29) is 62.7 Å². The zero-order chi connectivity index (χ0) is 27.4. The first kappa shape index (κ1) is 26.9. The van der Waals surface area contributed by atoms with Crippen LogP contribution in [0.15, 0.2) is 11.6 Å². The highest BCUT2D eigenvalue weighted by molar-refractivity contribution is 5.96. The minimum absolute atomic E-state index is 0.0732. The SMILES string of the molecule is CC(=O)O[C@H]1CC[C@@]2(C)[C@H](CC[C@]3(C)[C@H]2C(=O)C=C2[C@@H]4CC(C)(C)CC[C@]4(C(=O)O)CC[C@]23C)C1(C)C. The lowest BCUT2D eigenvalue weighted by Gasteiger charge is -2.70. The predicted octanol–water partition coefficient (Wildman–Crippen LogP) is 6.98. The second kappa shape index (κ2) is 7.94. The molecule has 8 atom stereocenters. The summed E-state index contributed by atoms with van der Waals surface area (Å²) in [5.41, 5.74) is -0.301. The Balaban J connectivity index is 1.60. The van der Waals surface area contributed by atoms with Gasteiger partial charge in [-0.05, 0) is 97.4 Å². The first-order chi connectivity index (χ1) is 16.9. The van der Waals surface area contributed by atoms with Crippen molar-refractivity contribution in [3.05, 3.63) is 11.6 Å². The number of aliphatic carboxylic acids is 1. The standard InChI is InChI=1S/C32H48O5/c1-19(33)37-24-10-11-29(6)23(28(24,4)5)9-12-31(8)25(29)22(34)17-20-21-18-27(2,3)13-15-32(21,26(35)36)16-14-30(20,31)7/h17,21,23-25H,9-16,18H2,1-8H3,(H,35,36)/t21-,23+,24-,25-,29-,30+,31+,32-/m0/s1. The highest BCUT2D eigenvalue weighted by Crippen LogP contribution is 2.75. The van der Waals surface area contributed by atoms with E-state index in [0.29, 0.717) is 12.8 Å². The quantitative estimate of drug-likeness (QED) is 0.404. The van der Waals surface area contributed by atoms with Crippen LogP contribution in [0.25, 0.3) is 0 Å². The lowest BCUT2D eigenvalue weighted by atomic mass is 9.33. The van der Waals surface area contributed by atoms with Crippen LogP contribution < -0.4 is 0 Å². The van der Waals surface area contributed by atoms with E-state index in [0.717, 1.165) is 50.5 Å². The molecule has 0 aromatic heterocycles. The molecule has 0 aliphatic heterocycles. The average molecular weight is 513 g/mol. The Bertz CT molecular complexity index is 1070. The molecular weight excluding hydrogens is 464 g/mol. The van der Waals surface area contributed by atoms with Gasteiger partial charge in [0.1, 0.15) is 6.10 Å². The monoisotopic (exact) mass is 512 g/mol. The van der Waals surface area contributed by atoms with Crippen molar-refractivity contribution in [2.24, 2.45) is 50.2 Å². The Morgan fingerprint density at radius 2 is 1.57 bits per heavy atom. The number of rotatable bonds is 2. The molecule has 0 saturated heterocycles. The lowest BCUT2D eigenvalue weighted by Crippen LogP contribution is -2.67. The van der Waals surface area contributed by atoms with Gasteiger partial charge in [0.05, 0.1) is 5.41 Å². The molecule has 0 radical (unpaired) electrons. The molecule has 5 nitrogen and oxygen atoms in total. The number of ketones is 1. The van der Waals surface area contributed by atoms with E-state index in [9.17, 15) is 19.5 Å². The number of carbonyl (C=O) groups is 3. The van der Waals surface area contributed by atoms with Gasteiger partial charge in [-0.2, -0.15) is 0 Å². The minimum atomic E-state index is -0.741. The van der Waals surface area contributed by atoms with E-state index in [1.54, 1.807) is 0 Å². The second-order valence-corrected chi connectivity index (χ2v) is 15.6. The minimum Gasteiger partial charge on any atom is -0.481 e. The fraction of sp³-hybridized carbons (Fsp3) is 0.844. The molecule has 0 unspecified atom stereocenters. The molecule has 5 aliphatic carbocycles. The molecule has 0 aromatic carbocycles. The van der Waals surface area contributed by atoms with Gasteiger partial charge in [0.25, 0.3) is 0 Å². The number of carboxylic acid groups (broad SMARTS) is 1. The van der Waals surface area contributed by atoms with Crippen molar-refractivity contribution in [3.63, 3.8) is 0 Å². The number of hydrogen-bond donors (Lipinski definition) is 1. The van der Waals surface area contributed by atoms with Crippen LogP contribution in [0.2, 0.25) is 0 Å². The van der Waals surface area contributed by atoms with Gasteiger partial charge >= 0.3 is 11.9 Å². The van der Waals surface area contributed by atoms with E-state index in [4.69, 9.17) is 4.74 Å². The molecule has 0 aromatic rings. The molecule has 0 spiro atoms. The third-order valence-electron chi connectivity index (χ3n) is 13.1. The Morgan fingerprint density at radius 1 is 0.919 bits per heavy atom. The van der Waals surface area contributed by atoms with Gasteiger partial charge < -0.3 is 9.84 Å². The average Bonchev–Trinajstić information content (AvgIpc) is 2.76. The highest BCUT2D eigenvalue weighted by atomic mass is 16.5. The highest BCUT2D eigenvalue weighted by Gasteiger charge is 2.71. The number of carbonyl (C=O) groups excluding carboxylic acids is 2. The largest absolute Gasteiger partial charge is 0.481 e. The summed E-state index contributed by atoms with van der Waals surface area (Å²) in [4.78, 5) is 39.1. The Kier molecular flexibility index (Phi) is 5.78. The number of hydrogen-bond acceptors (Lipinski definition) is 4. The van der Waals surface area contributed by atoms with Crippen LogP contribution in [0.5, 0.6) is 0 Å². The summed E-state index contributed by atoms with van der Waals surface area (Å²) in [6.07, 6.45) is 9.44. The Morgan fingerprint density at radius 3 is 2.19 bits per heavy atom. The number of allylic oxidation sites excluding steroid dienone is 2. The van der Waals surface area contributed by atoms with Crippen molar-refractivity contribution in [1.82, 2.24) is 0 Å². The first-order valence-corrected chi connectivity index (χ1v) is 14.6. The van der Waals surface area contributed by atoms with Crippen LogP contribution in [-0.2, 0) is 19.1 Å². The van der Waals surface area contributed by atoms with Crippen LogP contribution in [0.3, 0.4) is 0 Å². The predicted molar refractivity (Wildman–Crippen MR) is 143 cm³/mol. The summed E-state index contributed by atoms with van der Waals surface area (Å²) >= 11 is 0. The van der Waals surface area contributed by atoms with Crippen molar-refractivity contribution in [1.29, 1.82) is 0 Å². The van der Waals surface area contributed by atoms with Crippen LogP contribution >= 0.6 is 0 Å². The fourth-order valence-corrected chi connectivity index (χ4v) is 10.8. The molecule has 5 heteroatoms. The van der Waals surface area contributed by atoms with Crippen molar-refractivity contribution < 1.29 is 24.2 Å². The Labute approximate surface area is 223 Å². The van der Waals surface area contributed by atoms with Gasteiger partial charge in [-0.3, -0.25) is 14.4 Å². The number of fused-ring (bicyclic) bond motifs is 7. The van der Waals surface area contributed by atoms with Gasteiger partial charge in [0, 0.05) is 18.3 Å². The summed E-state index contributed by atoms with van der Waals surface area (Å²) in [7, 11) is 0. The van der Waals surface area contributed by atoms with Gasteiger partial charge in [-0.25, -0.2) is 0 Å². The molecule has 0 heterocycles. The summed E-state index contributed by atoms with van der Waals surface area (Å²) in [5.74, 6) is -0.565. The van der Waals surface area contributed by atoms with Crippen molar-refractivity contribution >= 4 is 17.7 Å². The maximum absolute atomic E-state index is 14.4. The topological polar surface area (TPSA) is 80.7 Å². The normalized spacial score (nSPS) is 47.9. The van der Waals surface area contributed by atoms with Crippen molar-refractivity contribution in [2.75, 3.05) is 0 Å². The van der Waals surface area contributed by atoms with Gasteiger partial charge in [0.2, 0.25) is 0 Å². The molecule has 0 amide bonds. The Hall–Kier alpha value is -1.65. The molecule has 5 rings (SSSR count). The molecule has 0 bridgehead atoms. The van der Waals surface area contributed by atoms with Crippen molar-refractivity contribution in [3.8, 4) is 0 Å². The summed E-state index contributed by atoms with van der Waals surface area (Å²) in [6.45, 7) is 17.5. The van der Waals surface area contributed by atoms with E-state index in [2.05, 4.69) is 48.5 Å². The fourth-order valence-electron chi connectivity index (χ4n) is 10.8. The molecule has 37 heavy (non-hydrogen) atoms. The van der Waals surface area contributed by atoms with E-state index in [1.165, 1.54) is 6.92 Å². The number of carboxylic acids is 1. The molecular formula is C32H48O5. The van der Waals surface area contributed by atoms with E-state index < -0.39 is 11.4 Å². The summed E-state index contributed by atoms with van der Waals surface area (Å²) in [6, 6.07) is 0. The van der Waals surface area contributed by atoms with E-state index >= 15 is 0 Å². The smallest absolute Gasteiger partial charge is 0.310 e. The third kappa shape index (κ3) is 3.43. The first-order valence-electron chi connectivity index (χ1n) is 14.6.